The fourth-order valence-corrected chi connectivity index (χ4v) is 7.50. The number of allylic oxidation sites excluding steroid dienone is 1. The first-order chi connectivity index (χ1) is 22.1. The van der Waals surface area contributed by atoms with Crippen molar-refractivity contribution in [1.82, 2.24) is 20.2 Å². The standard InChI is InChI=1S/C34H42N6O5S/c1-19(2)36-33-38-28(18-46-33)27-16-29(23-11-10-21(44-4)15-26(23)37-27)45-22-13-24-25(14-22)31(42)40(3)12-8-6-5-7-9-20-17-34(20,32(35)43)39-30(24)41/h7,9-11,15-16,18-20,22,24-25H,5-6,8,12-14,17H2,1-4H3,(H2,35,43)(H,36,38)(H,39,41). The Bertz CT molecular complexity index is 1670. The molecule has 2 fully saturated rings. The summed E-state index contributed by atoms with van der Waals surface area (Å²) in [5, 5.41) is 9.84. The predicted molar refractivity (Wildman–Crippen MR) is 178 cm³/mol. The van der Waals surface area contributed by atoms with Gasteiger partial charge in [0, 0.05) is 48.5 Å². The Balaban J connectivity index is 1.32. The molecule has 3 aliphatic rings. The van der Waals surface area contributed by atoms with E-state index < -0.39 is 29.4 Å². The number of carbonyl (C=O) groups excluding carboxylic acids is 3. The second-order valence-corrected chi connectivity index (χ2v) is 13.8. The summed E-state index contributed by atoms with van der Waals surface area (Å²) in [5.74, 6) is -1.11. The SMILES string of the molecule is COc1ccc2c(OC3CC4C(=O)NC5(C(N)=O)CC5C=CCCCCN(C)C(=O)C4C3)cc(-c3csc(NC(C)C)n3)nc2c1. The van der Waals surface area contributed by atoms with Crippen LogP contribution in [0.1, 0.15) is 52.4 Å². The lowest BCUT2D eigenvalue weighted by atomic mass is 9.93. The third-order valence-corrected chi connectivity index (χ3v) is 10.1. The summed E-state index contributed by atoms with van der Waals surface area (Å²) < 4.78 is 12.2. The third kappa shape index (κ3) is 6.40. The fourth-order valence-electron chi connectivity index (χ4n) is 6.65. The van der Waals surface area contributed by atoms with E-state index in [1.54, 1.807) is 19.1 Å². The zero-order valence-electron chi connectivity index (χ0n) is 26.7. The Labute approximate surface area is 272 Å². The molecule has 5 atom stereocenters. The number of fused-ring (bicyclic) bond motifs is 3. The molecule has 2 aliphatic carbocycles. The van der Waals surface area contributed by atoms with E-state index in [4.69, 9.17) is 25.2 Å². The van der Waals surface area contributed by atoms with Crippen LogP contribution in [0.25, 0.3) is 22.3 Å². The maximum atomic E-state index is 13.9. The highest BCUT2D eigenvalue weighted by Gasteiger charge is 2.60. The Morgan fingerprint density at radius 3 is 2.72 bits per heavy atom. The molecule has 46 heavy (non-hydrogen) atoms. The molecule has 4 N–H and O–H groups in total. The minimum Gasteiger partial charge on any atom is -0.497 e. The molecule has 1 aromatic carbocycles. The number of pyridine rings is 1. The number of rotatable bonds is 7. The summed E-state index contributed by atoms with van der Waals surface area (Å²) in [4.78, 5) is 51.5. The van der Waals surface area contributed by atoms with Gasteiger partial charge in [-0.3, -0.25) is 14.4 Å². The van der Waals surface area contributed by atoms with Crippen molar-refractivity contribution in [2.75, 3.05) is 26.0 Å². The lowest BCUT2D eigenvalue weighted by Gasteiger charge is -2.26. The molecule has 0 bridgehead atoms. The molecule has 3 aromatic rings. The molecule has 2 aromatic heterocycles. The van der Waals surface area contributed by atoms with Crippen molar-refractivity contribution >= 4 is 45.1 Å². The average molecular weight is 647 g/mol. The number of hydrogen-bond donors (Lipinski definition) is 3. The molecule has 11 nitrogen and oxygen atoms in total. The first kappa shape index (κ1) is 31.8. The van der Waals surface area contributed by atoms with E-state index in [0.717, 1.165) is 29.8 Å². The maximum absolute atomic E-state index is 13.9. The van der Waals surface area contributed by atoms with Crippen molar-refractivity contribution in [2.24, 2.45) is 23.5 Å². The van der Waals surface area contributed by atoms with Gasteiger partial charge in [-0.25, -0.2) is 9.97 Å². The van der Waals surface area contributed by atoms with Gasteiger partial charge in [0.15, 0.2) is 5.13 Å². The maximum Gasteiger partial charge on any atom is 0.243 e. The predicted octanol–water partition coefficient (Wildman–Crippen LogP) is 4.52. The number of nitrogens with zero attached hydrogens (tertiary/aromatic N) is 3. The highest BCUT2D eigenvalue weighted by atomic mass is 32.1. The van der Waals surface area contributed by atoms with Gasteiger partial charge in [-0.05, 0) is 64.5 Å². The number of thiazole rings is 1. The third-order valence-electron chi connectivity index (χ3n) is 9.28. The summed E-state index contributed by atoms with van der Waals surface area (Å²) in [6, 6.07) is 7.72. The lowest BCUT2D eigenvalue weighted by molar-refractivity contribution is -0.140. The van der Waals surface area contributed by atoms with Gasteiger partial charge in [0.2, 0.25) is 17.7 Å². The molecule has 0 spiro atoms. The number of methoxy groups -OCH3 is 1. The van der Waals surface area contributed by atoms with Gasteiger partial charge >= 0.3 is 0 Å². The Kier molecular flexibility index (Phi) is 8.91. The van der Waals surface area contributed by atoms with Gasteiger partial charge < -0.3 is 30.7 Å². The Morgan fingerprint density at radius 1 is 1.15 bits per heavy atom. The van der Waals surface area contributed by atoms with Crippen LogP contribution in [0.4, 0.5) is 5.13 Å². The smallest absolute Gasteiger partial charge is 0.243 e. The monoisotopic (exact) mass is 646 g/mol. The van der Waals surface area contributed by atoms with Gasteiger partial charge in [0.1, 0.15) is 28.8 Å². The van der Waals surface area contributed by atoms with E-state index in [-0.39, 0.29) is 23.8 Å². The van der Waals surface area contributed by atoms with Crippen LogP contribution in [-0.4, -0.2) is 71.0 Å². The highest BCUT2D eigenvalue weighted by molar-refractivity contribution is 7.14. The topological polar surface area (TPSA) is 149 Å². The van der Waals surface area contributed by atoms with Crippen molar-refractivity contribution in [3.8, 4) is 22.9 Å². The van der Waals surface area contributed by atoms with Crippen LogP contribution >= 0.6 is 11.3 Å². The normalized spacial score (nSPS) is 26.7. The van der Waals surface area contributed by atoms with Gasteiger partial charge in [-0.2, -0.15) is 0 Å². The van der Waals surface area contributed by atoms with Crippen LogP contribution in [-0.2, 0) is 14.4 Å². The molecule has 2 saturated carbocycles. The van der Waals surface area contributed by atoms with Gasteiger partial charge in [-0.15, -0.1) is 11.3 Å². The molecule has 0 saturated heterocycles. The van der Waals surface area contributed by atoms with E-state index in [9.17, 15) is 14.4 Å². The number of ether oxygens (including phenoxy) is 2. The number of benzene rings is 1. The highest BCUT2D eigenvalue weighted by Crippen LogP contribution is 2.46. The average Bonchev–Trinajstić information content (AvgIpc) is 3.31. The fraction of sp³-hybridized carbons (Fsp3) is 0.500. The molecule has 6 rings (SSSR count). The Morgan fingerprint density at radius 2 is 1.96 bits per heavy atom. The first-order valence-electron chi connectivity index (χ1n) is 16.0. The van der Waals surface area contributed by atoms with Crippen molar-refractivity contribution in [3.05, 3.63) is 41.8 Å². The molecule has 1 aliphatic heterocycles. The van der Waals surface area contributed by atoms with Crippen molar-refractivity contribution in [1.29, 1.82) is 0 Å². The van der Waals surface area contributed by atoms with Gasteiger partial charge in [0.05, 0.1) is 30.2 Å². The molecule has 244 valence electrons. The van der Waals surface area contributed by atoms with Crippen LogP contribution in [0.5, 0.6) is 11.5 Å². The Hall–Kier alpha value is -4.19. The van der Waals surface area contributed by atoms with E-state index in [1.165, 1.54) is 11.3 Å². The summed E-state index contributed by atoms with van der Waals surface area (Å²) in [5.41, 5.74) is 6.73. The van der Waals surface area contributed by atoms with E-state index in [2.05, 4.69) is 24.5 Å². The largest absolute Gasteiger partial charge is 0.497 e. The van der Waals surface area contributed by atoms with E-state index in [1.807, 2.05) is 41.8 Å². The molecule has 5 unspecified atom stereocenters. The lowest BCUT2D eigenvalue weighted by Crippen LogP contribution is -2.51. The zero-order valence-corrected chi connectivity index (χ0v) is 27.6. The molecular weight excluding hydrogens is 604 g/mol. The number of nitrogens with one attached hydrogen (secondary N) is 2. The zero-order chi connectivity index (χ0) is 32.6. The second-order valence-electron chi connectivity index (χ2n) is 13.0. The summed E-state index contributed by atoms with van der Waals surface area (Å²) in [6.45, 7) is 4.73. The number of anilines is 1. The minimum absolute atomic E-state index is 0.0861. The number of hydrogen-bond acceptors (Lipinski definition) is 9. The molecule has 0 radical (unpaired) electrons. The van der Waals surface area contributed by atoms with Crippen molar-refractivity contribution < 1.29 is 23.9 Å². The number of nitrogens with two attached hydrogens (primary N) is 1. The number of primary amides is 1. The quantitative estimate of drug-likeness (QED) is 0.318. The summed E-state index contributed by atoms with van der Waals surface area (Å²) in [7, 11) is 3.40. The molecular formula is C34H42N6O5S. The van der Waals surface area contributed by atoms with E-state index in [0.29, 0.717) is 54.2 Å². The van der Waals surface area contributed by atoms with E-state index >= 15 is 0 Å². The van der Waals surface area contributed by atoms with Crippen LogP contribution in [0.15, 0.2) is 41.8 Å². The minimum atomic E-state index is -1.11. The molecule has 3 heterocycles. The second kappa shape index (κ2) is 12.9. The van der Waals surface area contributed by atoms with Crippen LogP contribution in [0, 0.1) is 17.8 Å². The van der Waals surface area contributed by atoms with Crippen molar-refractivity contribution in [2.45, 2.75) is 70.1 Å². The van der Waals surface area contributed by atoms with Crippen LogP contribution in [0.3, 0.4) is 0 Å². The number of aromatic nitrogens is 2. The van der Waals surface area contributed by atoms with Crippen LogP contribution < -0.4 is 25.8 Å². The number of carbonyl (C=O) groups is 3. The molecule has 3 amide bonds. The summed E-state index contributed by atoms with van der Waals surface area (Å²) >= 11 is 1.51. The first-order valence-corrected chi connectivity index (χ1v) is 16.9. The van der Waals surface area contributed by atoms with Gasteiger partial charge in [-0.1, -0.05) is 12.2 Å². The van der Waals surface area contributed by atoms with Gasteiger partial charge in [0.25, 0.3) is 0 Å². The summed E-state index contributed by atoms with van der Waals surface area (Å²) in [6.07, 6.45) is 7.38. The molecule has 12 heteroatoms. The van der Waals surface area contributed by atoms with Crippen molar-refractivity contribution in [3.63, 3.8) is 0 Å². The van der Waals surface area contributed by atoms with Crippen LogP contribution in [0.2, 0.25) is 0 Å². The number of amides is 3.